The van der Waals surface area contributed by atoms with Gasteiger partial charge in [0.05, 0.1) is 6.33 Å². The van der Waals surface area contributed by atoms with Crippen LogP contribution in [0.15, 0.2) is 18.7 Å². The largest absolute Gasteiger partial charge is 0.333 e. The van der Waals surface area contributed by atoms with E-state index in [2.05, 4.69) is 34.9 Å². The standard InChI is InChI=1S/C16H27N3/c1-12-8-13(2)10-14(9-12)18-15-4-3-5-16(15)19-7-6-17-11-19/h6-7,11-16,18H,3-5,8-10H2,1-2H3. The predicted octanol–water partition coefficient (Wildman–Crippen LogP) is 3.39. The Morgan fingerprint density at radius 2 is 1.89 bits per heavy atom. The van der Waals surface area contributed by atoms with E-state index in [1.807, 2.05) is 12.5 Å². The molecule has 0 bridgehead atoms. The van der Waals surface area contributed by atoms with Crippen LogP contribution < -0.4 is 5.32 Å². The summed E-state index contributed by atoms with van der Waals surface area (Å²) >= 11 is 0. The van der Waals surface area contributed by atoms with E-state index in [0.29, 0.717) is 12.1 Å². The van der Waals surface area contributed by atoms with E-state index in [1.165, 1.54) is 38.5 Å². The monoisotopic (exact) mass is 261 g/mol. The molecule has 0 amide bonds. The van der Waals surface area contributed by atoms with Crippen molar-refractivity contribution in [2.24, 2.45) is 11.8 Å². The first-order valence-corrected chi connectivity index (χ1v) is 7.96. The third-order valence-corrected chi connectivity index (χ3v) is 5.02. The highest BCUT2D eigenvalue weighted by Crippen LogP contribution is 2.33. The molecule has 2 aliphatic rings. The topological polar surface area (TPSA) is 29.9 Å². The summed E-state index contributed by atoms with van der Waals surface area (Å²) in [6.45, 7) is 4.82. The van der Waals surface area contributed by atoms with Crippen LogP contribution in [0.25, 0.3) is 0 Å². The van der Waals surface area contributed by atoms with Gasteiger partial charge < -0.3 is 9.88 Å². The zero-order valence-corrected chi connectivity index (χ0v) is 12.3. The summed E-state index contributed by atoms with van der Waals surface area (Å²) in [7, 11) is 0. The minimum atomic E-state index is 0.620. The molecule has 19 heavy (non-hydrogen) atoms. The summed E-state index contributed by atoms with van der Waals surface area (Å²) in [6.07, 6.45) is 14.1. The second kappa shape index (κ2) is 5.66. The van der Waals surface area contributed by atoms with Gasteiger partial charge in [0.2, 0.25) is 0 Å². The van der Waals surface area contributed by atoms with Crippen LogP contribution in [-0.4, -0.2) is 21.6 Å². The molecule has 1 heterocycles. The molecule has 0 radical (unpaired) electrons. The summed E-state index contributed by atoms with van der Waals surface area (Å²) < 4.78 is 2.31. The van der Waals surface area contributed by atoms with Crippen molar-refractivity contribution in [2.45, 2.75) is 70.5 Å². The summed E-state index contributed by atoms with van der Waals surface area (Å²) in [5.74, 6) is 1.77. The Balaban J connectivity index is 1.62. The molecule has 3 nitrogen and oxygen atoms in total. The fraction of sp³-hybridized carbons (Fsp3) is 0.812. The molecule has 0 spiro atoms. The average molecular weight is 261 g/mol. The first-order chi connectivity index (χ1) is 9.22. The number of aromatic nitrogens is 2. The summed E-state index contributed by atoms with van der Waals surface area (Å²) in [6, 6.07) is 2.00. The quantitative estimate of drug-likeness (QED) is 0.904. The van der Waals surface area contributed by atoms with Crippen LogP contribution in [0.4, 0.5) is 0 Å². The van der Waals surface area contributed by atoms with Gasteiger partial charge >= 0.3 is 0 Å². The molecule has 1 aromatic rings. The van der Waals surface area contributed by atoms with Gasteiger partial charge in [0.25, 0.3) is 0 Å². The third kappa shape index (κ3) is 3.02. The van der Waals surface area contributed by atoms with Crippen molar-refractivity contribution in [3.05, 3.63) is 18.7 Å². The lowest BCUT2D eigenvalue weighted by molar-refractivity contribution is 0.214. The van der Waals surface area contributed by atoms with E-state index in [-0.39, 0.29) is 0 Å². The van der Waals surface area contributed by atoms with Crippen LogP contribution in [0.1, 0.15) is 58.4 Å². The van der Waals surface area contributed by atoms with Gasteiger partial charge in [0, 0.05) is 30.5 Å². The normalized spacial score (nSPS) is 39.6. The molecule has 2 aliphatic carbocycles. The highest BCUT2D eigenvalue weighted by Gasteiger charge is 2.32. The Morgan fingerprint density at radius 3 is 2.58 bits per heavy atom. The third-order valence-electron chi connectivity index (χ3n) is 5.02. The van der Waals surface area contributed by atoms with Crippen LogP contribution >= 0.6 is 0 Å². The van der Waals surface area contributed by atoms with Gasteiger partial charge in [-0.2, -0.15) is 0 Å². The zero-order valence-electron chi connectivity index (χ0n) is 12.3. The Labute approximate surface area is 116 Å². The Hall–Kier alpha value is -0.830. The Morgan fingerprint density at radius 1 is 1.11 bits per heavy atom. The van der Waals surface area contributed by atoms with E-state index < -0.39 is 0 Å². The molecule has 4 unspecified atom stereocenters. The molecule has 3 rings (SSSR count). The molecule has 0 aromatic carbocycles. The Bertz CT molecular complexity index is 377. The van der Waals surface area contributed by atoms with Crippen LogP contribution in [0, 0.1) is 11.8 Å². The van der Waals surface area contributed by atoms with E-state index in [0.717, 1.165) is 17.9 Å². The van der Waals surface area contributed by atoms with Crippen LogP contribution in [0.2, 0.25) is 0 Å². The average Bonchev–Trinajstić information content (AvgIpc) is 2.96. The minimum absolute atomic E-state index is 0.620. The van der Waals surface area contributed by atoms with Crippen molar-refractivity contribution in [1.29, 1.82) is 0 Å². The summed E-state index contributed by atoms with van der Waals surface area (Å²) in [5.41, 5.74) is 0. The maximum atomic E-state index is 4.21. The van der Waals surface area contributed by atoms with E-state index in [9.17, 15) is 0 Å². The first kappa shape index (κ1) is 13.2. The van der Waals surface area contributed by atoms with Crippen LogP contribution in [0.5, 0.6) is 0 Å². The van der Waals surface area contributed by atoms with Gasteiger partial charge in [-0.25, -0.2) is 4.98 Å². The van der Waals surface area contributed by atoms with Crippen LogP contribution in [-0.2, 0) is 0 Å². The highest BCUT2D eigenvalue weighted by atomic mass is 15.1. The number of hydrogen-bond acceptors (Lipinski definition) is 2. The number of imidazole rings is 1. The van der Waals surface area contributed by atoms with Crippen molar-refractivity contribution in [2.75, 3.05) is 0 Å². The highest BCUT2D eigenvalue weighted by molar-refractivity contribution is 4.94. The molecule has 106 valence electrons. The van der Waals surface area contributed by atoms with Gasteiger partial charge in [0.1, 0.15) is 0 Å². The van der Waals surface area contributed by atoms with Gasteiger partial charge in [-0.05, 0) is 50.4 Å². The number of nitrogens with zero attached hydrogens (tertiary/aromatic N) is 2. The molecule has 2 saturated carbocycles. The maximum absolute atomic E-state index is 4.21. The van der Waals surface area contributed by atoms with Crippen molar-refractivity contribution < 1.29 is 0 Å². The SMILES string of the molecule is CC1CC(C)CC(NC2CCCC2n2ccnc2)C1. The first-order valence-electron chi connectivity index (χ1n) is 7.96. The van der Waals surface area contributed by atoms with Gasteiger partial charge in [-0.3, -0.25) is 0 Å². The van der Waals surface area contributed by atoms with Crippen molar-refractivity contribution in [1.82, 2.24) is 14.9 Å². The van der Waals surface area contributed by atoms with Crippen molar-refractivity contribution in [3.63, 3.8) is 0 Å². The second-order valence-electron chi connectivity index (χ2n) is 6.90. The molecular formula is C16H27N3. The number of nitrogens with one attached hydrogen (secondary N) is 1. The lowest BCUT2D eigenvalue weighted by Crippen LogP contribution is -2.44. The molecule has 2 fully saturated rings. The van der Waals surface area contributed by atoms with Crippen molar-refractivity contribution in [3.8, 4) is 0 Å². The smallest absolute Gasteiger partial charge is 0.0949 e. The second-order valence-corrected chi connectivity index (χ2v) is 6.90. The van der Waals surface area contributed by atoms with E-state index in [1.54, 1.807) is 0 Å². The zero-order chi connectivity index (χ0) is 13.2. The van der Waals surface area contributed by atoms with Gasteiger partial charge in [0.15, 0.2) is 0 Å². The molecule has 4 atom stereocenters. The van der Waals surface area contributed by atoms with Crippen LogP contribution in [0.3, 0.4) is 0 Å². The summed E-state index contributed by atoms with van der Waals surface area (Å²) in [4.78, 5) is 4.21. The summed E-state index contributed by atoms with van der Waals surface area (Å²) in [5, 5.41) is 3.97. The molecule has 0 aliphatic heterocycles. The molecular weight excluding hydrogens is 234 g/mol. The fourth-order valence-corrected chi connectivity index (χ4v) is 4.34. The molecule has 1 aromatic heterocycles. The molecule has 1 N–H and O–H groups in total. The molecule has 0 saturated heterocycles. The maximum Gasteiger partial charge on any atom is 0.0949 e. The van der Waals surface area contributed by atoms with Crippen molar-refractivity contribution >= 4 is 0 Å². The fourth-order valence-electron chi connectivity index (χ4n) is 4.34. The number of hydrogen-bond donors (Lipinski definition) is 1. The lowest BCUT2D eigenvalue weighted by atomic mass is 9.80. The Kier molecular flexibility index (Phi) is 3.92. The van der Waals surface area contributed by atoms with E-state index >= 15 is 0 Å². The molecule has 3 heteroatoms. The van der Waals surface area contributed by atoms with Gasteiger partial charge in [-0.1, -0.05) is 13.8 Å². The predicted molar refractivity (Wildman–Crippen MR) is 78.0 cm³/mol. The van der Waals surface area contributed by atoms with E-state index in [4.69, 9.17) is 0 Å². The van der Waals surface area contributed by atoms with Gasteiger partial charge in [-0.15, -0.1) is 0 Å². The minimum Gasteiger partial charge on any atom is -0.333 e. The lowest BCUT2D eigenvalue weighted by Gasteiger charge is -2.35. The number of rotatable bonds is 3.